The van der Waals surface area contributed by atoms with Gasteiger partial charge in [0.1, 0.15) is 5.69 Å². The van der Waals surface area contributed by atoms with Crippen molar-refractivity contribution in [1.82, 2.24) is 15.2 Å². The Morgan fingerprint density at radius 3 is 2.91 bits per heavy atom. The molecule has 0 aliphatic carbocycles. The highest BCUT2D eigenvalue weighted by atomic mass is 35.5. The number of hydrogen-bond donors (Lipinski definition) is 2. The van der Waals surface area contributed by atoms with Crippen LogP contribution < -0.4 is 5.32 Å². The molecule has 2 aromatic rings. The van der Waals surface area contributed by atoms with E-state index in [1.807, 2.05) is 0 Å². The van der Waals surface area contributed by atoms with Crippen LogP contribution >= 0.6 is 11.6 Å². The summed E-state index contributed by atoms with van der Waals surface area (Å²) in [4.78, 5) is 17.3. The lowest BCUT2D eigenvalue weighted by atomic mass is 10.1. The van der Waals surface area contributed by atoms with Gasteiger partial charge >= 0.3 is 0 Å². The minimum Gasteiger partial charge on any atom is -0.356 e. The Balaban J connectivity index is 1.38. The van der Waals surface area contributed by atoms with Gasteiger partial charge in [0, 0.05) is 25.8 Å². The highest BCUT2D eigenvalue weighted by Crippen LogP contribution is 2.21. The normalized spacial score (nSPS) is 18.2. The number of H-pyrrole nitrogens is 1. The number of benzene rings is 1. The number of hydrogen-bond acceptors (Lipinski definition) is 2. The lowest BCUT2D eigenvalue weighted by Crippen LogP contribution is -2.27. The molecule has 2 N–H and O–H groups in total. The summed E-state index contributed by atoms with van der Waals surface area (Å²) in [6.07, 6.45) is 3.84. The van der Waals surface area contributed by atoms with E-state index in [1.165, 1.54) is 12.0 Å². The second-order valence-electron chi connectivity index (χ2n) is 6.15. The van der Waals surface area contributed by atoms with Crippen LogP contribution in [0.25, 0.3) is 0 Å². The van der Waals surface area contributed by atoms with Crippen molar-refractivity contribution < 1.29 is 4.79 Å². The molecule has 1 saturated heterocycles. The van der Waals surface area contributed by atoms with E-state index >= 15 is 0 Å². The molecule has 0 bridgehead atoms. The van der Waals surface area contributed by atoms with Crippen LogP contribution in [0.5, 0.6) is 0 Å². The summed E-state index contributed by atoms with van der Waals surface area (Å²) in [5.74, 6) is 0.572. The fourth-order valence-corrected chi connectivity index (χ4v) is 3.28. The van der Waals surface area contributed by atoms with Crippen molar-refractivity contribution in [3.8, 4) is 0 Å². The third-order valence-electron chi connectivity index (χ3n) is 4.35. The van der Waals surface area contributed by atoms with E-state index in [2.05, 4.69) is 45.5 Å². The molecular formula is C18H22ClN3O. The van der Waals surface area contributed by atoms with Gasteiger partial charge in [-0.2, -0.15) is 0 Å². The van der Waals surface area contributed by atoms with E-state index in [1.54, 1.807) is 12.3 Å². The standard InChI is InChI=1S/C18H22ClN3O/c19-16-10-17(21-11-16)18(23)20-8-6-15-7-9-22(13-15)12-14-4-2-1-3-5-14/h1-5,10-11,15,21H,6-9,12-13H2,(H,20,23)/t15-/m1/s1. The Morgan fingerprint density at radius 2 is 2.17 bits per heavy atom. The minimum absolute atomic E-state index is 0.0870. The maximum absolute atomic E-state index is 11.9. The van der Waals surface area contributed by atoms with E-state index in [9.17, 15) is 4.79 Å². The molecule has 0 saturated carbocycles. The predicted molar refractivity (Wildman–Crippen MR) is 92.6 cm³/mol. The zero-order chi connectivity index (χ0) is 16.1. The van der Waals surface area contributed by atoms with E-state index in [-0.39, 0.29) is 5.91 Å². The molecule has 2 heterocycles. The quantitative estimate of drug-likeness (QED) is 0.853. The first-order valence-electron chi connectivity index (χ1n) is 8.09. The summed E-state index contributed by atoms with van der Waals surface area (Å²) >= 11 is 5.81. The molecule has 1 aliphatic rings. The van der Waals surface area contributed by atoms with Crippen LogP contribution in [-0.2, 0) is 6.54 Å². The number of nitrogens with one attached hydrogen (secondary N) is 2. The number of halogens is 1. The summed E-state index contributed by atoms with van der Waals surface area (Å²) < 4.78 is 0. The first kappa shape index (κ1) is 16.1. The van der Waals surface area contributed by atoms with E-state index in [0.717, 1.165) is 26.1 Å². The van der Waals surface area contributed by atoms with Gasteiger partial charge in [-0.15, -0.1) is 0 Å². The number of carbonyl (C=O) groups excluding carboxylic acids is 1. The second kappa shape index (κ2) is 7.66. The Bertz CT molecular complexity index is 641. The van der Waals surface area contributed by atoms with Gasteiger partial charge in [0.05, 0.1) is 5.02 Å². The van der Waals surface area contributed by atoms with Gasteiger partial charge in [-0.3, -0.25) is 9.69 Å². The Kier molecular flexibility index (Phi) is 5.36. The summed E-state index contributed by atoms with van der Waals surface area (Å²) in [7, 11) is 0. The first-order valence-corrected chi connectivity index (χ1v) is 8.47. The van der Waals surface area contributed by atoms with E-state index in [4.69, 9.17) is 11.6 Å². The lowest BCUT2D eigenvalue weighted by Gasteiger charge is -2.16. The number of aromatic amines is 1. The number of amides is 1. The summed E-state index contributed by atoms with van der Waals surface area (Å²) in [6, 6.07) is 12.2. The van der Waals surface area contributed by atoms with Gasteiger partial charge in [0.2, 0.25) is 0 Å². The SMILES string of the molecule is O=C(NCC[C@@H]1CCN(Cc2ccccc2)C1)c1cc(Cl)c[nH]1. The maximum Gasteiger partial charge on any atom is 0.267 e. The molecule has 0 radical (unpaired) electrons. The number of nitrogens with zero attached hydrogens (tertiary/aromatic N) is 1. The van der Waals surface area contributed by atoms with Crippen LogP contribution in [0.3, 0.4) is 0 Å². The van der Waals surface area contributed by atoms with Crippen molar-refractivity contribution in [1.29, 1.82) is 0 Å². The number of rotatable bonds is 6. The molecule has 1 atom stereocenters. The van der Waals surface area contributed by atoms with Crippen LogP contribution in [0, 0.1) is 5.92 Å². The molecule has 3 rings (SSSR count). The van der Waals surface area contributed by atoms with Crippen LogP contribution in [0.1, 0.15) is 28.9 Å². The zero-order valence-electron chi connectivity index (χ0n) is 13.1. The Hall–Kier alpha value is -1.78. The van der Waals surface area contributed by atoms with Crippen molar-refractivity contribution in [2.75, 3.05) is 19.6 Å². The molecule has 0 spiro atoms. The fraction of sp³-hybridized carbons (Fsp3) is 0.389. The van der Waals surface area contributed by atoms with Gasteiger partial charge < -0.3 is 10.3 Å². The predicted octanol–water partition coefficient (Wildman–Crippen LogP) is 3.31. The molecule has 23 heavy (non-hydrogen) atoms. The van der Waals surface area contributed by atoms with Crippen molar-refractivity contribution in [2.24, 2.45) is 5.92 Å². The van der Waals surface area contributed by atoms with Crippen molar-refractivity contribution in [3.05, 3.63) is 58.9 Å². The van der Waals surface area contributed by atoms with Crippen LogP contribution in [0.4, 0.5) is 0 Å². The summed E-state index contributed by atoms with van der Waals surface area (Å²) in [5, 5.41) is 3.51. The fourth-order valence-electron chi connectivity index (χ4n) is 3.12. The lowest BCUT2D eigenvalue weighted by molar-refractivity contribution is 0.0947. The monoisotopic (exact) mass is 331 g/mol. The first-order chi connectivity index (χ1) is 11.2. The number of aromatic nitrogens is 1. The molecule has 1 aromatic carbocycles. The number of likely N-dealkylation sites (tertiary alicyclic amines) is 1. The van der Waals surface area contributed by atoms with Gasteiger partial charge in [0.25, 0.3) is 5.91 Å². The second-order valence-corrected chi connectivity index (χ2v) is 6.59. The van der Waals surface area contributed by atoms with Crippen molar-refractivity contribution in [3.63, 3.8) is 0 Å². The highest BCUT2D eigenvalue weighted by Gasteiger charge is 2.22. The molecule has 1 amide bonds. The van der Waals surface area contributed by atoms with Gasteiger partial charge in [-0.05, 0) is 36.9 Å². The molecule has 0 unspecified atom stereocenters. The van der Waals surface area contributed by atoms with Crippen LogP contribution in [-0.4, -0.2) is 35.4 Å². The smallest absolute Gasteiger partial charge is 0.267 e. The Labute approximate surface area is 141 Å². The highest BCUT2D eigenvalue weighted by molar-refractivity contribution is 6.30. The van der Waals surface area contributed by atoms with Gasteiger partial charge in [-0.25, -0.2) is 0 Å². The molecule has 1 aromatic heterocycles. The van der Waals surface area contributed by atoms with Crippen LogP contribution in [0.2, 0.25) is 5.02 Å². The van der Waals surface area contributed by atoms with E-state index in [0.29, 0.717) is 23.2 Å². The minimum atomic E-state index is -0.0870. The van der Waals surface area contributed by atoms with Crippen molar-refractivity contribution in [2.45, 2.75) is 19.4 Å². The summed E-state index contributed by atoms with van der Waals surface area (Å²) in [6.45, 7) is 3.98. The maximum atomic E-state index is 11.9. The molecular weight excluding hydrogens is 310 g/mol. The topological polar surface area (TPSA) is 48.1 Å². The largest absolute Gasteiger partial charge is 0.356 e. The molecule has 5 heteroatoms. The van der Waals surface area contributed by atoms with Gasteiger partial charge in [0.15, 0.2) is 0 Å². The third kappa shape index (κ3) is 4.60. The van der Waals surface area contributed by atoms with Crippen LogP contribution in [0.15, 0.2) is 42.6 Å². The third-order valence-corrected chi connectivity index (χ3v) is 4.57. The van der Waals surface area contributed by atoms with Crippen molar-refractivity contribution >= 4 is 17.5 Å². The molecule has 122 valence electrons. The summed E-state index contributed by atoms with van der Waals surface area (Å²) in [5.41, 5.74) is 1.89. The molecule has 1 aliphatic heterocycles. The number of carbonyl (C=O) groups is 1. The molecule has 4 nitrogen and oxygen atoms in total. The van der Waals surface area contributed by atoms with E-state index < -0.39 is 0 Å². The van der Waals surface area contributed by atoms with Gasteiger partial charge in [-0.1, -0.05) is 41.9 Å². The average Bonchev–Trinajstić information content (AvgIpc) is 3.17. The molecule has 1 fully saturated rings. The average molecular weight is 332 g/mol. The Morgan fingerprint density at radius 1 is 1.35 bits per heavy atom. The zero-order valence-corrected chi connectivity index (χ0v) is 13.9.